The minimum atomic E-state index is -4.73. The molecule has 2 aromatic rings. The van der Waals surface area contributed by atoms with Crippen LogP contribution in [-0.2, 0) is 6.18 Å². The number of nitrogens with zero attached hydrogens (tertiary/aromatic N) is 2. The number of hydrogen-bond acceptors (Lipinski definition) is 2. The van der Waals surface area contributed by atoms with Crippen LogP contribution in [0.1, 0.15) is 24.6 Å². The number of aromatic nitrogens is 2. The minimum absolute atomic E-state index is 0.211. The second kappa shape index (κ2) is 5.75. The molecule has 0 aliphatic carbocycles. The molecule has 1 heterocycles. The van der Waals surface area contributed by atoms with Crippen LogP contribution in [0, 0.1) is 12.7 Å². The van der Waals surface area contributed by atoms with Crippen LogP contribution in [0.4, 0.5) is 23.5 Å². The summed E-state index contributed by atoms with van der Waals surface area (Å²) in [5.74, 6) is -0.847. The molecule has 7 heteroatoms. The maximum Gasteiger partial charge on any atom is 0.419 e. The van der Waals surface area contributed by atoms with Crippen LogP contribution in [0.2, 0.25) is 0 Å². The van der Waals surface area contributed by atoms with E-state index in [1.807, 2.05) is 6.92 Å². The lowest BCUT2D eigenvalue weighted by Gasteiger charge is -2.13. The largest absolute Gasteiger partial charge is 0.419 e. The normalized spacial score (nSPS) is 11.7. The first-order chi connectivity index (χ1) is 9.82. The van der Waals surface area contributed by atoms with E-state index in [0.717, 1.165) is 18.6 Å². The standard InChI is InChI=1S/C14H15F4N3/c1-3-6-19-13-20-9(2)8-21(13)10-4-5-12(15)11(7-10)14(16,17)18/h4-5,7-8H,3,6H2,1-2H3,(H,19,20). The third kappa shape index (κ3) is 3.34. The lowest BCUT2D eigenvalue weighted by molar-refractivity contribution is -0.140. The highest BCUT2D eigenvalue weighted by atomic mass is 19.4. The van der Waals surface area contributed by atoms with Gasteiger partial charge in [-0.1, -0.05) is 6.92 Å². The molecule has 0 saturated heterocycles. The van der Waals surface area contributed by atoms with Gasteiger partial charge in [-0.2, -0.15) is 13.2 Å². The molecule has 0 spiro atoms. The Labute approximate surface area is 119 Å². The third-order valence-electron chi connectivity index (χ3n) is 2.89. The molecule has 2 rings (SSSR count). The molecule has 1 N–H and O–H groups in total. The van der Waals surface area contributed by atoms with Gasteiger partial charge in [0.2, 0.25) is 5.95 Å². The summed E-state index contributed by atoms with van der Waals surface area (Å²) in [6.45, 7) is 4.35. The zero-order valence-corrected chi connectivity index (χ0v) is 11.6. The molecule has 114 valence electrons. The molecule has 0 atom stereocenters. The quantitative estimate of drug-likeness (QED) is 0.859. The number of hydrogen-bond donors (Lipinski definition) is 1. The summed E-state index contributed by atoms with van der Waals surface area (Å²) in [4.78, 5) is 4.22. The van der Waals surface area contributed by atoms with Crippen molar-refractivity contribution in [2.75, 3.05) is 11.9 Å². The highest BCUT2D eigenvalue weighted by molar-refractivity contribution is 5.45. The van der Waals surface area contributed by atoms with Crippen molar-refractivity contribution in [3.05, 3.63) is 41.5 Å². The predicted octanol–water partition coefficient (Wildman–Crippen LogP) is 4.16. The summed E-state index contributed by atoms with van der Waals surface area (Å²) in [5.41, 5.74) is -0.415. The van der Waals surface area contributed by atoms with Gasteiger partial charge < -0.3 is 5.32 Å². The number of benzene rings is 1. The van der Waals surface area contributed by atoms with Crippen molar-refractivity contribution in [2.24, 2.45) is 0 Å². The summed E-state index contributed by atoms with van der Waals surface area (Å²) < 4.78 is 53.1. The summed E-state index contributed by atoms with van der Waals surface area (Å²) in [6.07, 6.45) is -2.28. The zero-order valence-electron chi connectivity index (χ0n) is 11.6. The van der Waals surface area contributed by atoms with Crippen LogP contribution in [-0.4, -0.2) is 16.1 Å². The predicted molar refractivity (Wildman–Crippen MR) is 72.0 cm³/mol. The Balaban J connectivity index is 2.47. The molecule has 0 bridgehead atoms. The monoisotopic (exact) mass is 301 g/mol. The fraction of sp³-hybridized carbons (Fsp3) is 0.357. The van der Waals surface area contributed by atoms with Gasteiger partial charge in [0.15, 0.2) is 0 Å². The molecular weight excluding hydrogens is 286 g/mol. The van der Waals surface area contributed by atoms with E-state index in [1.54, 1.807) is 13.1 Å². The fourth-order valence-corrected chi connectivity index (χ4v) is 1.94. The summed E-state index contributed by atoms with van der Waals surface area (Å²) in [7, 11) is 0. The Morgan fingerprint density at radius 3 is 2.62 bits per heavy atom. The van der Waals surface area contributed by atoms with Crippen LogP contribution in [0.3, 0.4) is 0 Å². The molecule has 1 aromatic carbocycles. The van der Waals surface area contributed by atoms with Crippen molar-refractivity contribution in [1.82, 2.24) is 9.55 Å². The molecule has 21 heavy (non-hydrogen) atoms. The first-order valence-electron chi connectivity index (χ1n) is 6.50. The maximum absolute atomic E-state index is 13.3. The van der Waals surface area contributed by atoms with Crippen LogP contribution in [0.25, 0.3) is 5.69 Å². The van der Waals surface area contributed by atoms with Gasteiger partial charge in [0.1, 0.15) is 5.82 Å². The minimum Gasteiger partial charge on any atom is -0.355 e. The Kier molecular flexibility index (Phi) is 4.20. The second-order valence-electron chi connectivity index (χ2n) is 4.66. The number of aryl methyl sites for hydroxylation is 1. The number of nitrogens with one attached hydrogen (secondary N) is 1. The van der Waals surface area contributed by atoms with Gasteiger partial charge in [-0.15, -0.1) is 0 Å². The Hall–Kier alpha value is -2.05. The zero-order chi connectivity index (χ0) is 15.6. The Morgan fingerprint density at radius 2 is 2.00 bits per heavy atom. The first-order valence-corrected chi connectivity index (χ1v) is 6.50. The van der Waals surface area contributed by atoms with Crippen molar-refractivity contribution >= 4 is 5.95 Å². The average molecular weight is 301 g/mol. The van der Waals surface area contributed by atoms with E-state index in [9.17, 15) is 17.6 Å². The van der Waals surface area contributed by atoms with Crippen molar-refractivity contribution in [2.45, 2.75) is 26.4 Å². The lowest BCUT2D eigenvalue weighted by atomic mass is 10.2. The van der Waals surface area contributed by atoms with Gasteiger partial charge in [0.25, 0.3) is 0 Å². The van der Waals surface area contributed by atoms with E-state index in [0.29, 0.717) is 18.2 Å². The topological polar surface area (TPSA) is 29.9 Å². The van der Waals surface area contributed by atoms with Crippen LogP contribution in [0.5, 0.6) is 0 Å². The van der Waals surface area contributed by atoms with Crippen LogP contribution in [0.15, 0.2) is 24.4 Å². The second-order valence-corrected chi connectivity index (χ2v) is 4.66. The summed E-state index contributed by atoms with van der Waals surface area (Å²) in [5, 5.41) is 3.03. The molecule has 0 fully saturated rings. The van der Waals surface area contributed by atoms with Gasteiger partial charge in [-0.3, -0.25) is 4.57 Å². The smallest absolute Gasteiger partial charge is 0.355 e. The van der Waals surface area contributed by atoms with E-state index >= 15 is 0 Å². The number of rotatable bonds is 4. The van der Waals surface area contributed by atoms with Crippen molar-refractivity contribution in [3.8, 4) is 5.69 Å². The Morgan fingerprint density at radius 1 is 1.29 bits per heavy atom. The van der Waals surface area contributed by atoms with E-state index in [-0.39, 0.29) is 5.69 Å². The highest BCUT2D eigenvalue weighted by Crippen LogP contribution is 2.33. The first kappa shape index (κ1) is 15.3. The molecule has 0 aliphatic heterocycles. The van der Waals surface area contributed by atoms with Crippen molar-refractivity contribution in [1.29, 1.82) is 0 Å². The van der Waals surface area contributed by atoms with Gasteiger partial charge in [0.05, 0.1) is 11.3 Å². The van der Waals surface area contributed by atoms with E-state index < -0.39 is 17.6 Å². The SMILES string of the molecule is CCCNc1nc(C)cn1-c1ccc(F)c(C(F)(F)F)c1. The van der Waals surface area contributed by atoms with E-state index in [1.165, 1.54) is 10.6 Å². The number of anilines is 1. The lowest BCUT2D eigenvalue weighted by Crippen LogP contribution is -2.11. The van der Waals surface area contributed by atoms with Gasteiger partial charge in [-0.25, -0.2) is 9.37 Å². The molecular formula is C14H15F4N3. The van der Waals surface area contributed by atoms with Gasteiger partial charge in [-0.05, 0) is 31.5 Å². The number of alkyl halides is 3. The Bertz CT molecular complexity index is 632. The molecule has 0 aliphatic rings. The molecule has 0 unspecified atom stereocenters. The maximum atomic E-state index is 13.3. The average Bonchev–Trinajstić information content (AvgIpc) is 2.76. The fourth-order valence-electron chi connectivity index (χ4n) is 1.94. The molecule has 1 aromatic heterocycles. The summed E-state index contributed by atoms with van der Waals surface area (Å²) >= 11 is 0. The molecule has 0 saturated carbocycles. The van der Waals surface area contributed by atoms with Gasteiger partial charge in [0, 0.05) is 18.4 Å². The van der Waals surface area contributed by atoms with Crippen LogP contribution >= 0.6 is 0 Å². The third-order valence-corrected chi connectivity index (χ3v) is 2.89. The van der Waals surface area contributed by atoms with Crippen molar-refractivity contribution in [3.63, 3.8) is 0 Å². The number of imidazole rings is 1. The summed E-state index contributed by atoms with van der Waals surface area (Å²) in [6, 6.07) is 2.90. The van der Waals surface area contributed by atoms with E-state index in [2.05, 4.69) is 10.3 Å². The van der Waals surface area contributed by atoms with Crippen molar-refractivity contribution < 1.29 is 17.6 Å². The van der Waals surface area contributed by atoms with Gasteiger partial charge >= 0.3 is 6.18 Å². The molecule has 0 radical (unpaired) electrons. The molecule has 3 nitrogen and oxygen atoms in total. The highest BCUT2D eigenvalue weighted by Gasteiger charge is 2.34. The number of halogens is 4. The van der Waals surface area contributed by atoms with E-state index in [4.69, 9.17) is 0 Å². The molecule has 0 amide bonds. The van der Waals surface area contributed by atoms with Crippen LogP contribution < -0.4 is 5.32 Å².